The zero-order chi connectivity index (χ0) is 13.1. The molecule has 1 N–H and O–H groups in total. The molecule has 1 saturated carbocycles. The average molecular weight is 262 g/mol. The minimum Gasteiger partial charge on any atom is -0.377 e. The van der Waals surface area contributed by atoms with Gasteiger partial charge in [-0.25, -0.2) is 9.97 Å². The van der Waals surface area contributed by atoms with Crippen molar-refractivity contribution >= 4 is 5.95 Å². The molecule has 3 rings (SSSR count). The largest absolute Gasteiger partial charge is 0.377 e. The van der Waals surface area contributed by atoms with E-state index in [1.807, 2.05) is 12.4 Å². The highest BCUT2D eigenvalue weighted by molar-refractivity contribution is 5.30. The Hall–Kier alpha value is -1.20. The van der Waals surface area contributed by atoms with Crippen molar-refractivity contribution in [2.24, 2.45) is 0 Å². The minimum absolute atomic E-state index is 0.252. The standard InChI is InChI=1S/C14H22N4O/c1-11-10-18(5-2-6-19-11)14-16-8-12(9-17-14)7-15-13-3-4-13/h8-9,11,13,15H,2-7,10H2,1H3. The van der Waals surface area contributed by atoms with Crippen molar-refractivity contribution in [3.05, 3.63) is 18.0 Å². The molecule has 0 aromatic carbocycles. The van der Waals surface area contributed by atoms with Crippen molar-refractivity contribution in [2.45, 2.75) is 44.9 Å². The van der Waals surface area contributed by atoms with Crippen LogP contribution in [-0.2, 0) is 11.3 Å². The summed E-state index contributed by atoms with van der Waals surface area (Å²) in [5, 5.41) is 3.48. The van der Waals surface area contributed by atoms with Crippen molar-refractivity contribution < 1.29 is 4.74 Å². The summed E-state index contributed by atoms with van der Waals surface area (Å²) < 4.78 is 5.64. The summed E-state index contributed by atoms with van der Waals surface area (Å²) in [6.07, 6.45) is 7.79. The van der Waals surface area contributed by atoms with Crippen LogP contribution in [0.1, 0.15) is 31.7 Å². The van der Waals surface area contributed by atoms with Crippen LogP contribution in [0.5, 0.6) is 0 Å². The molecule has 0 amide bonds. The Balaban J connectivity index is 1.60. The maximum atomic E-state index is 5.64. The number of hydrogen-bond donors (Lipinski definition) is 1. The Labute approximate surface area is 114 Å². The topological polar surface area (TPSA) is 50.3 Å². The van der Waals surface area contributed by atoms with Crippen LogP contribution in [0.25, 0.3) is 0 Å². The first-order chi connectivity index (χ1) is 9.31. The van der Waals surface area contributed by atoms with Crippen molar-refractivity contribution in [3.8, 4) is 0 Å². The lowest BCUT2D eigenvalue weighted by Crippen LogP contribution is -2.31. The average Bonchev–Trinajstić information content (AvgIpc) is 3.25. The fourth-order valence-corrected chi connectivity index (χ4v) is 2.33. The summed E-state index contributed by atoms with van der Waals surface area (Å²) in [5.74, 6) is 0.826. The maximum absolute atomic E-state index is 5.64. The van der Waals surface area contributed by atoms with E-state index in [0.29, 0.717) is 0 Å². The van der Waals surface area contributed by atoms with Crippen LogP contribution < -0.4 is 10.2 Å². The Kier molecular flexibility index (Phi) is 3.94. The number of nitrogens with zero attached hydrogens (tertiary/aromatic N) is 3. The summed E-state index contributed by atoms with van der Waals surface area (Å²) in [5.41, 5.74) is 1.16. The molecule has 19 heavy (non-hydrogen) atoms. The van der Waals surface area contributed by atoms with Crippen LogP contribution in [0.3, 0.4) is 0 Å². The second kappa shape index (κ2) is 5.84. The summed E-state index contributed by atoms with van der Waals surface area (Å²) in [6, 6.07) is 0.725. The lowest BCUT2D eigenvalue weighted by atomic mass is 10.3. The van der Waals surface area contributed by atoms with Crippen LogP contribution in [0.15, 0.2) is 12.4 Å². The number of rotatable bonds is 4. The zero-order valence-corrected chi connectivity index (χ0v) is 11.5. The molecule has 5 nitrogen and oxygen atoms in total. The molecule has 0 radical (unpaired) electrons. The van der Waals surface area contributed by atoms with Crippen molar-refractivity contribution in [3.63, 3.8) is 0 Å². The van der Waals surface area contributed by atoms with E-state index in [0.717, 1.165) is 50.2 Å². The molecule has 2 aliphatic rings. The normalized spacial score (nSPS) is 24.3. The Morgan fingerprint density at radius 3 is 2.89 bits per heavy atom. The summed E-state index contributed by atoms with van der Waals surface area (Å²) in [7, 11) is 0. The molecule has 1 aliphatic carbocycles. The molecule has 5 heteroatoms. The molecular weight excluding hydrogens is 240 g/mol. The summed E-state index contributed by atoms with van der Waals surface area (Å²) >= 11 is 0. The van der Waals surface area contributed by atoms with Gasteiger partial charge in [-0.3, -0.25) is 0 Å². The molecule has 2 heterocycles. The third-order valence-corrected chi connectivity index (χ3v) is 3.60. The highest BCUT2D eigenvalue weighted by Crippen LogP contribution is 2.19. The second-order valence-electron chi connectivity index (χ2n) is 5.53. The van der Waals surface area contributed by atoms with Gasteiger partial charge in [0, 0.05) is 50.2 Å². The molecule has 0 bridgehead atoms. The molecule has 104 valence electrons. The summed E-state index contributed by atoms with van der Waals surface area (Å²) in [4.78, 5) is 11.2. The predicted molar refractivity (Wildman–Crippen MR) is 74.1 cm³/mol. The number of nitrogens with one attached hydrogen (secondary N) is 1. The molecule has 1 saturated heterocycles. The van der Waals surface area contributed by atoms with E-state index in [2.05, 4.69) is 27.1 Å². The third-order valence-electron chi connectivity index (χ3n) is 3.60. The van der Waals surface area contributed by atoms with Gasteiger partial charge in [-0.2, -0.15) is 0 Å². The molecular formula is C14H22N4O. The first-order valence-electron chi connectivity index (χ1n) is 7.22. The first-order valence-corrected chi connectivity index (χ1v) is 7.22. The van der Waals surface area contributed by atoms with Crippen molar-refractivity contribution in [1.82, 2.24) is 15.3 Å². The van der Waals surface area contributed by atoms with Gasteiger partial charge in [0.1, 0.15) is 0 Å². The van der Waals surface area contributed by atoms with E-state index >= 15 is 0 Å². The molecule has 2 fully saturated rings. The Bertz CT molecular complexity index is 404. The van der Waals surface area contributed by atoms with Gasteiger partial charge in [-0.15, -0.1) is 0 Å². The fraction of sp³-hybridized carbons (Fsp3) is 0.714. The van der Waals surface area contributed by atoms with Gasteiger partial charge in [-0.05, 0) is 26.2 Å². The minimum atomic E-state index is 0.252. The highest BCUT2D eigenvalue weighted by Gasteiger charge is 2.20. The highest BCUT2D eigenvalue weighted by atomic mass is 16.5. The zero-order valence-electron chi connectivity index (χ0n) is 11.5. The molecule has 1 aliphatic heterocycles. The first kappa shape index (κ1) is 12.8. The van der Waals surface area contributed by atoms with E-state index in [1.54, 1.807) is 0 Å². The van der Waals surface area contributed by atoms with Crippen LogP contribution in [0.2, 0.25) is 0 Å². The van der Waals surface area contributed by atoms with Crippen LogP contribution in [0, 0.1) is 0 Å². The van der Waals surface area contributed by atoms with E-state index in [1.165, 1.54) is 12.8 Å². The van der Waals surface area contributed by atoms with Crippen LogP contribution >= 0.6 is 0 Å². The Morgan fingerprint density at radius 2 is 2.16 bits per heavy atom. The van der Waals surface area contributed by atoms with Gasteiger partial charge < -0.3 is 15.0 Å². The maximum Gasteiger partial charge on any atom is 0.225 e. The number of ether oxygens (including phenoxy) is 1. The quantitative estimate of drug-likeness (QED) is 0.887. The van der Waals surface area contributed by atoms with Gasteiger partial charge in [-0.1, -0.05) is 0 Å². The molecule has 1 aromatic heterocycles. The smallest absolute Gasteiger partial charge is 0.225 e. The SMILES string of the molecule is CC1CN(c2ncc(CNC3CC3)cn2)CCCO1. The molecule has 0 spiro atoms. The molecule has 1 aromatic rings. The third kappa shape index (κ3) is 3.64. The van der Waals surface area contributed by atoms with Gasteiger partial charge in [0.05, 0.1) is 6.10 Å². The van der Waals surface area contributed by atoms with E-state index < -0.39 is 0 Å². The van der Waals surface area contributed by atoms with Crippen molar-refractivity contribution in [1.29, 1.82) is 0 Å². The van der Waals surface area contributed by atoms with Gasteiger partial charge in [0.15, 0.2) is 0 Å². The molecule has 1 atom stereocenters. The number of aromatic nitrogens is 2. The molecule has 1 unspecified atom stereocenters. The number of hydrogen-bond acceptors (Lipinski definition) is 5. The monoisotopic (exact) mass is 262 g/mol. The van der Waals surface area contributed by atoms with Gasteiger partial charge in [0.25, 0.3) is 0 Å². The Morgan fingerprint density at radius 1 is 1.37 bits per heavy atom. The number of anilines is 1. The lowest BCUT2D eigenvalue weighted by Gasteiger charge is -2.21. The second-order valence-corrected chi connectivity index (χ2v) is 5.53. The van der Waals surface area contributed by atoms with E-state index in [9.17, 15) is 0 Å². The van der Waals surface area contributed by atoms with Crippen molar-refractivity contribution in [2.75, 3.05) is 24.6 Å². The predicted octanol–water partition coefficient (Wildman–Crippen LogP) is 1.34. The summed E-state index contributed by atoms with van der Waals surface area (Å²) in [6.45, 7) is 5.67. The lowest BCUT2D eigenvalue weighted by molar-refractivity contribution is 0.0820. The van der Waals surface area contributed by atoms with Gasteiger partial charge >= 0.3 is 0 Å². The van der Waals surface area contributed by atoms with Crippen LogP contribution in [0.4, 0.5) is 5.95 Å². The van der Waals surface area contributed by atoms with E-state index in [4.69, 9.17) is 4.74 Å². The fourth-order valence-electron chi connectivity index (χ4n) is 2.33. The van der Waals surface area contributed by atoms with Gasteiger partial charge in [0.2, 0.25) is 5.95 Å². The van der Waals surface area contributed by atoms with Crippen LogP contribution in [-0.4, -0.2) is 41.8 Å². The van der Waals surface area contributed by atoms with E-state index in [-0.39, 0.29) is 6.10 Å².